The van der Waals surface area contributed by atoms with Crippen molar-refractivity contribution in [1.29, 1.82) is 0 Å². The van der Waals surface area contributed by atoms with Crippen LogP contribution >= 0.6 is 11.3 Å². The van der Waals surface area contributed by atoms with E-state index in [4.69, 9.17) is 10.5 Å². The highest BCUT2D eigenvalue weighted by Crippen LogP contribution is 2.25. The number of primary amides is 1. The van der Waals surface area contributed by atoms with Gasteiger partial charge >= 0.3 is 0 Å². The van der Waals surface area contributed by atoms with Crippen molar-refractivity contribution >= 4 is 33.8 Å². The van der Waals surface area contributed by atoms with Crippen molar-refractivity contribution in [2.45, 2.75) is 13.0 Å². The van der Waals surface area contributed by atoms with Gasteiger partial charge in [0.1, 0.15) is 16.8 Å². The number of benzene rings is 1. The summed E-state index contributed by atoms with van der Waals surface area (Å²) < 4.78 is 5.23. The van der Waals surface area contributed by atoms with Gasteiger partial charge in [0.25, 0.3) is 5.91 Å². The minimum atomic E-state index is -0.568. The normalized spacial score (nSPS) is 11.5. The minimum Gasteiger partial charge on any atom is -0.495 e. The van der Waals surface area contributed by atoms with Crippen LogP contribution in [0, 0.1) is 0 Å². The van der Waals surface area contributed by atoms with Crippen LogP contribution in [0.25, 0.3) is 0 Å². The van der Waals surface area contributed by atoms with Crippen LogP contribution in [-0.4, -0.2) is 25.0 Å². The van der Waals surface area contributed by atoms with E-state index in [0.29, 0.717) is 22.0 Å². The molecule has 0 aliphatic rings. The highest BCUT2D eigenvalue weighted by Gasteiger charge is 2.18. The second-order valence-electron chi connectivity index (χ2n) is 4.58. The number of ether oxygens (including phenoxy) is 1. The lowest BCUT2D eigenvalue weighted by Gasteiger charge is -2.17. The van der Waals surface area contributed by atoms with Crippen LogP contribution in [-0.2, 0) is 4.79 Å². The van der Waals surface area contributed by atoms with Crippen LogP contribution in [0.3, 0.4) is 0 Å². The fourth-order valence-electron chi connectivity index (χ4n) is 1.88. The number of carbonyl (C=O) groups excluding carboxylic acids is 2. The quantitative estimate of drug-likeness (QED) is 0.761. The highest BCUT2D eigenvalue weighted by molar-refractivity contribution is 7.14. The third kappa shape index (κ3) is 3.56. The first-order valence-corrected chi connectivity index (χ1v) is 7.48. The lowest BCUT2D eigenvalue weighted by atomic mass is 10.2. The fraction of sp³-hybridized carbons (Fsp3) is 0.200. The van der Waals surface area contributed by atoms with Gasteiger partial charge < -0.3 is 21.1 Å². The molecule has 116 valence electrons. The maximum absolute atomic E-state index is 12.2. The number of anilines is 2. The number of nitrogens with one attached hydrogen (secondary N) is 2. The van der Waals surface area contributed by atoms with Gasteiger partial charge in [-0.15, -0.1) is 11.3 Å². The Balaban J connectivity index is 2.06. The summed E-state index contributed by atoms with van der Waals surface area (Å²) in [5.41, 5.74) is 6.28. The molecule has 0 aliphatic heterocycles. The Hall–Kier alpha value is -2.54. The molecule has 0 saturated heterocycles. The van der Waals surface area contributed by atoms with Gasteiger partial charge in [0.15, 0.2) is 0 Å². The predicted molar refractivity (Wildman–Crippen MR) is 87.5 cm³/mol. The van der Waals surface area contributed by atoms with E-state index in [1.165, 1.54) is 11.3 Å². The predicted octanol–water partition coefficient (Wildman–Crippen LogP) is 2.29. The van der Waals surface area contributed by atoms with E-state index in [9.17, 15) is 9.59 Å². The first kappa shape index (κ1) is 15.8. The molecule has 7 heteroatoms. The molecular weight excluding hydrogens is 302 g/mol. The number of thiophene rings is 1. The molecule has 0 spiro atoms. The van der Waals surface area contributed by atoms with Crippen LogP contribution in [0.4, 0.5) is 10.7 Å². The van der Waals surface area contributed by atoms with Crippen molar-refractivity contribution in [3.63, 3.8) is 0 Å². The van der Waals surface area contributed by atoms with E-state index < -0.39 is 11.9 Å². The lowest BCUT2D eigenvalue weighted by molar-refractivity contribution is -0.116. The van der Waals surface area contributed by atoms with E-state index in [-0.39, 0.29) is 5.91 Å². The highest BCUT2D eigenvalue weighted by atomic mass is 32.1. The standard InChI is InChI=1S/C15H17N3O3S/c1-9(17-11-5-3-4-6-12(11)21-2)14(20)18-15-10(13(16)19)7-8-22-15/h3-9,17H,1-2H3,(H2,16,19)(H,18,20). The molecule has 0 saturated carbocycles. The third-order valence-electron chi connectivity index (χ3n) is 3.04. The Morgan fingerprint density at radius 1 is 1.27 bits per heavy atom. The average molecular weight is 319 g/mol. The Labute approximate surface area is 132 Å². The number of carbonyl (C=O) groups is 2. The molecular formula is C15H17N3O3S. The molecule has 1 aromatic carbocycles. The molecule has 0 fully saturated rings. The molecule has 0 bridgehead atoms. The third-order valence-corrected chi connectivity index (χ3v) is 3.87. The second-order valence-corrected chi connectivity index (χ2v) is 5.50. The molecule has 2 rings (SSSR count). The van der Waals surface area contributed by atoms with Crippen molar-refractivity contribution < 1.29 is 14.3 Å². The topological polar surface area (TPSA) is 93.4 Å². The van der Waals surface area contributed by atoms with Gasteiger partial charge in [-0.1, -0.05) is 12.1 Å². The van der Waals surface area contributed by atoms with Crippen LogP contribution in [0.5, 0.6) is 5.75 Å². The molecule has 1 heterocycles. The zero-order valence-electron chi connectivity index (χ0n) is 12.3. The van der Waals surface area contributed by atoms with Gasteiger partial charge in [-0.25, -0.2) is 0 Å². The van der Waals surface area contributed by atoms with Crippen molar-refractivity contribution in [3.05, 3.63) is 41.3 Å². The van der Waals surface area contributed by atoms with Crippen LogP contribution in [0.15, 0.2) is 35.7 Å². The van der Waals surface area contributed by atoms with Crippen molar-refractivity contribution in [3.8, 4) is 5.75 Å². The minimum absolute atomic E-state index is 0.268. The monoisotopic (exact) mass is 319 g/mol. The van der Waals surface area contributed by atoms with Crippen molar-refractivity contribution in [1.82, 2.24) is 0 Å². The Morgan fingerprint density at radius 3 is 2.68 bits per heavy atom. The van der Waals surface area contributed by atoms with Gasteiger partial charge in [-0.3, -0.25) is 9.59 Å². The van der Waals surface area contributed by atoms with E-state index in [1.807, 2.05) is 18.2 Å². The molecule has 2 amide bonds. The molecule has 22 heavy (non-hydrogen) atoms. The summed E-state index contributed by atoms with van der Waals surface area (Å²) in [6.07, 6.45) is 0. The van der Waals surface area contributed by atoms with Gasteiger partial charge in [0, 0.05) is 0 Å². The molecule has 0 aliphatic carbocycles. The SMILES string of the molecule is COc1ccccc1NC(C)C(=O)Nc1sccc1C(N)=O. The van der Waals surface area contributed by atoms with E-state index in [0.717, 1.165) is 0 Å². The number of hydrogen-bond donors (Lipinski definition) is 3. The molecule has 1 unspecified atom stereocenters. The molecule has 0 radical (unpaired) electrons. The summed E-state index contributed by atoms with van der Waals surface area (Å²) >= 11 is 1.25. The van der Waals surface area contributed by atoms with Crippen LogP contribution < -0.4 is 21.1 Å². The zero-order chi connectivity index (χ0) is 16.1. The first-order chi connectivity index (χ1) is 10.5. The van der Waals surface area contributed by atoms with Crippen molar-refractivity contribution in [2.24, 2.45) is 5.73 Å². The van der Waals surface area contributed by atoms with Gasteiger partial charge in [-0.2, -0.15) is 0 Å². The summed E-state index contributed by atoms with van der Waals surface area (Å²) in [6, 6.07) is 8.39. The number of amides is 2. The fourth-order valence-corrected chi connectivity index (χ4v) is 2.68. The molecule has 6 nitrogen and oxygen atoms in total. The maximum Gasteiger partial charge on any atom is 0.251 e. The Bertz CT molecular complexity index is 684. The van der Waals surface area contributed by atoms with E-state index >= 15 is 0 Å². The molecule has 4 N–H and O–H groups in total. The summed E-state index contributed by atoms with van der Waals surface area (Å²) in [5.74, 6) is -0.186. The van der Waals surface area contributed by atoms with Crippen LogP contribution in [0.1, 0.15) is 17.3 Å². The van der Waals surface area contributed by atoms with Gasteiger partial charge in [-0.05, 0) is 30.5 Å². The number of methoxy groups -OCH3 is 1. The van der Waals surface area contributed by atoms with Gasteiger partial charge in [0.2, 0.25) is 5.91 Å². The summed E-state index contributed by atoms with van der Waals surface area (Å²) in [5, 5.41) is 7.93. The smallest absolute Gasteiger partial charge is 0.251 e. The average Bonchev–Trinajstić information content (AvgIpc) is 2.96. The van der Waals surface area contributed by atoms with Gasteiger partial charge in [0.05, 0.1) is 18.4 Å². The zero-order valence-corrected chi connectivity index (χ0v) is 13.1. The largest absolute Gasteiger partial charge is 0.495 e. The Kier molecular flexibility index (Phi) is 5.00. The second kappa shape index (κ2) is 6.95. The van der Waals surface area contributed by atoms with Crippen LogP contribution in [0.2, 0.25) is 0 Å². The number of rotatable bonds is 6. The number of nitrogens with two attached hydrogens (primary N) is 1. The maximum atomic E-state index is 12.2. The number of hydrogen-bond acceptors (Lipinski definition) is 5. The molecule has 1 atom stereocenters. The summed E-state index contributed by atoms with van der Waals surface area (Å²) in [7, 11) is 1.57. The first-order valence-electron chi connectivity index (χ1n) is 6.60. The number of para-hydroxylation sites is 2. The van der Waals surface area contributed by atoms with E-state index in [1.54, 1.807) is 31.5 Å². The lowest BCUT2D eigenvalue weighted by Crippen LogP contribution is -2.32. The van der Waals surface area contributed by atoms with E-state index in [2.05, 4.69) is 10.6 Å². The molecule has 1 aromatic heterocycles. The summed E-state index contributed by atoms with van der Waals surface area (Å²) in [6.45, 7) is 1.72. The molecule has 2 aromatic rings. The van der Waals surface area contributed by atoms with Crippen molar-refractivity contribution in [2.75, 3.05) is 17.7 Å². The Morgan fingerprint density at radius 2 is 2.00 bits per heavy atom. The summed E-state index contributed by atoms with van der Waals surface area (Å²) in [4.78, 5) is 23.5.